The van der Waals surface area contributed by atoms with Crippen molar-refractivity contribution >= 4 is 50.5 Å². The van der Waals surface area contributed by atoms with Gasteiger partial charge in [-0.2, -0.15) is 0 Å². The molecule has 324 valence electrons. The smallest absolute Gasteiger partial charge is 0.0666 e. The van der Waals surface area contributed by atoms with Crippen molar-refractivity contribution in [3.05, 3.63) is 218 Å². The number of rotatable bonds is 8. The Morgan fingerprint density at radius 3 is 2.06 bits per heavy atom. The van der Waals surface area contributed by atoms with Crippen LogP contribution in [-0.2, 0) is 5.41 Å². The van der Waals surface area contributed by atoms with Gasteiger partial charge in [0.2, 0.25) is 0 Å². The van der Waals surface area contributed by atoms with Gasteiger partial charge in [0, 0.05) is 0 Å². The van der Waals surface area contributed by atoms with Crippen LogP contribution in [0.15, 0.2) is 206 Å². The maximum atomic E-state index is 9.05. The summed E-state index contributed by atoms with van der Waals surface area (Å²) >= 11 is -2.36. The van der Waals surface area contributed by atoms with Crippen LogP contribution in [0.3, 0.4) is 0 Å². The van der Waals surface area contributed by atoms with Gasteiger partial charge < -0.3 is 0 Å². The number of pyridine rings is 1. The third-order valence-corrected chi connectivity index (χ3v) is 20.6. The number of hydrogen-bond acceptors (Lipinski definition) is 2. The fourth-order valence-corrected chi connectivity index (χ4v) is 17.7. The number of nitrogens with zero attached hydrogens (tertiary/aromatic N) is 4. The molecule has 0 unspecified atom stereocenters. The van der Waals surface area contributed by atoms with Crippen LogP contribution in [0.5, 0.6) is 11.5 Å². The molecule has 0 atom stereocenters. The molecule has 67 heavy (non-hydrogen) atoms. The van der Waals surface area contributed by atoms with Gasteiger partial charge in [-0.1, -0.05) is 109 Å². The number of ether oxygens (including phenoxy) is 1. The zero-order chi connectivity index (χ0) is 54.0. The Bertz CT molecular complexity index is 4150. The van der Waals surface area contributed by atoms with Gasteiger partial charge in [-0.05, 0) is 28.3 Å². The van der Waals surface area contributed by atoms with Crippen molar-refractivity contribution in [3.8, 4) is 62.1 Å². The molecule has 1 aliphatic heterocycles. The fraction of sp³-hybridized carbons (Fsp3) is 0.115. The third kappa shape index (κ3) is 7.08. The summed E-state index contributed by atoms with van der Waals surface area (Å²) < 4.78 is 101. The number of benzene rings is 8. The molecule has 5 nitrogen and oxygen atoms in total. The van der Waals surface area contributed by atoms with Crippen molar-refractivity contribution in [1.82, 2.24) is 14.1 Å². The van der Waals surface area contributed by atoms with Crippen LogP contribution in [0.25, 0.3) is 83.4 Å². The summed E-state index contributed by atoms with van der Waals surface area (Å²) in [5.41, 5.74) is 8.10. The predicted octanol–water partition coefficient (Wildman–Crippen LogP) is 14.6. The van der Waals surface area contributed by atoms with Crippen LogP contribution < -0.4 is 13.7 Å². The summed E-state index contributed by atoms with van der Waals surface area (Å²) in [4.78, 5) is 5.02. The molecule has 0 N–H and O–H groups in total. The van der Waals surface area contributed by atoms with E-state index in [1.807, 2.05) is 77.5 Å². The first-order valence-corrected chi connectivity index (χ1v) is 29.2. The maximum absolute atomic E-state index is 9.05. The Morgan fingerprint density at radius 2 is 1.28 bits per heavy atom. The van der Waals surface area contributed by atoms with Crippen molar-refractivity contribution in [2.24, 2.45) is 0 Å². The topological polar surface area (TPSA) is 35.9 Å². The van der Waals surface area contributed by atoms with Gasteiger partial charge >= 0.3 is 221 Å². The van der Waals surface area contributed by atoms with E-state index in [4.69, 9.17) is 23.4 Å². The quantitative estimate of drug-likeness (QED) is 0.0864. The molecule has 12 rings (SSSR count). The van der Waals surface area contributed by atoms with Crippen molar-refractivity contribution in [2.75, 3.05) is 0 Å². The van der Waals surface area contributed by atoms with Crippen molar-refractivity contribution < 1.29 is 23.0 Å². The van der Waals surface area contributed by atoms with Gasteiger partial charge in [0.05, 0.1) is 36.1 Å². The van der Waals surface area contributed by atoms with Crippen LogP contribution >= 0.6 is 0 Å². The Labute approximate surface area is 408 Å². The molecule has 0 amide bonds. The van der Waals surface area contributed by atoms with Crippen LogP contribution in [0.2, 0.25) is 16.8 Å². The third-order valence-electron chi connectivity index (χ3n) is 13.4. The second-order valence-corrected chi connectivity index (χ2v) is 28.5. The second-order valence-electron chi connectivity index (χ2n) is 18.5. The average molecular weight is 938 g/mol. The minimum absolute atomic E-state index is 0.109. The minimum Gasteiger partial charge on any atom is -0.0666 e. The number of imidazole rings is 1. The average Bonchev–Trinajstić information content (AvgIpc) is 3.99. The minimum atomic E-state index is -2.36. The molecule has 3 aromatic heterocycles. The van der Waals surface area contributed by atoms with E-state index in [1.54, 1.807) is 27.2 Å². The summed E-state index contributed by atoms with van der Waals surface area (Å²) in [5, 5.41) is 3.42. The molecule has 0 spiro atoms. The van der Waals surface area contributed by atoms with Crippen LogP contribution in [-0.4, -0.2) is 27.4 Å². The molecule has 4 heterocycles. The standard InChI is InChI=1S/C61H50GeN4O/c1-61(2)35-36-62(3,4)59-48(25-17-28-53(59)61)44-34-37-63-58(38-44)66-54-29-12-11-24-51(54)52-33-32-47(40-57(52)66)67-46-23-15-22-45(39-46)64-41-65(56-31-14-13-30-55(56)64)60-49(42-18-7-5-8-19-42)26-16-27-50(60)43-20-9-6-10-21-43/h5-34,37-40H,35-36H2,1-4H3/i5D,6D,7D,8D,9D,10D,18D,19D,20D,21D. The van der Waals surface area contributed by atoms with Crippen LogP contribution in [0.1, 0.15) is 39.5 Å². The van der Waals surface area contributed by atoms with Crippen molar-refractivity contribution in [1.29, 1.82) is 0 Å². The molecular weight excluding hydrogens is 877 g/mol. The fourth-order valence-electron chi connectivity index (χ4n) is 10.1. The van der Waals surface area contributed by atoms with Crippen LogP contribution in [0, 0.1) is 6.33 Å². The molecule has 0 radical (unpaired) electrons. The van der Waals surface area contributed by atoms with E-state index in [2.05, 4.69) is 90.9 Å². The second kappa shape index (κ2) is 16.1. The molecule has 1 aliphatic rings. The van der Waals surface area contributed by atoms with E-state index in [1.165, 1.54) is 22.8 Å². The monoisotopic (exact) mass is 938 g/mol. The summed E-state index contributed by atoms with van der Waals surface area (Å²) in [7, 11) is 0. The zero-order valence-corrected chi connectivity index (χ0v) is 39.6. The van der Waals surface area contributed by atoms with E-state index in [-0.39, 0.29) is 33.4 Å². The molecule has 0 fully saturated rings. The van der Waals surface area contributed by atoms with Gasteiger partial charge in [0.1, 0.15) is 0 Å². The normalized spacial score (nSPS) is 16.2. The zero-order valence-electron chi connectivity index (χ0n) is 47.5. The molecule has 11 aromatic rings. The van der Waals surface area contributed by atoms with Gasteiger partial charge in [0.15, 0.2) is 0 Å². The first-order chi connectivity index (χ1) is 36.9. The number of hydrogen-bond donors (Lipinski definition) is 0. The van der Waals surface area contributed by atoms with E-state index in [0.29, 0.717) is 28.2 Å². The molecular formula is C61H50GeN4O. The first-order valence-electron chi connectivity index (χ1n) is 27.5. The molecule has 0 saturated carbocycles. The summed E-state index contributed by atoms with van der Waals surface area (Å²) in [6.07, 6.45) is 6.59. The molecule has 6 heteroatoms. The van der Waals surface area contributed by atoms with Crippen molar-refractivity contribution in [3.63, 3.8) is 0 Å². The van der Waals surface area contributed by atoms with Gasteiger partial charge in [-0.25, -0.2) is 0 Å². The van der Waals surface area contributed by atoms with E-state index in [0.717, 1.165) is 33.2 Å². The van der Waals surface area contributed by atoms with Crippen LogP contribution in [0.4, 0.5) is 0 Å². The summed E-state index contributed by atoms with van der Waals surface area (Å²) in [6.45, 7) is 4.75. The van der Waals surface area contributed by atoms with Crippen molar-refractivity contribution in [2.45, 2.75) is 42.4 Å². The molecule has 0 aliphatic carbocycles. The number of para-hydroxylation sites is 4. The Kier molecular flexibility index (Phi) is 7.58. The molecule has 0 bridgehead atoms. The first kappa shape index (κ1) is 31.4. The van der Waals surface area contributed by atoms with E-state index < -0.39 is 73.7 Å². The Balaban J connectivity index is 0.988. The van der Waals surface area contributed by atoms with Gasteiger partial charge in [-0.15, -0.1) is 0 Å². The number of aromatic nitrogens is 4. The number of fused-ring (bicyclic) bond motifs is 5. The van der Waals surface area contributed by atoms with E-state index >= 15 is 0 Å². The summed E-state index contributed by atoms with van der Waals surface area (Å²) in [6, 6.07) is 40.2. The molecule has 0 saturated heterocycles. The Morgan fingerprint density at radius 1 is 0.627 bits per heavy atom. The predicted molar refractivity (Wildman–Crippen MR) is 278 cm³/mol. The SMILES string of the molecule is [2H]c1c([2H])c([2H])c(-c2cccc(-c3c([2H])c([2H])c([2H])c([2H])c3[2H])c2-[n+]2[c-]n(-c3cccc(Oc4ccc5c6ccccc6n(-c6cc(-c7cccc8[c]7[Ge]([CH3])([CH3])[CH2]CC8(C)C)ccn6)c5c4)c3)c3ccccc32)c([2H])c1[2H]. The summed E-state index contributed by atoms with van der Waals surface area (Å²) in [5.74, 6) is 7.00. The Hall–Kier alpha value is -7.48. The molecule has 8 aromatic carbocycles. The van der Waals surface area contributed by atoms with Gasteiger partial charge in [-0.3, -0.25) is 9.13 Å². The van der Waals surface area contributed by atoms with E-state index in [9.17, 15) is 0 Å². The van der Waals surface area contributed by atoms with Gasteiger partial charge in [0.25, 0.3) is 6.33 Å².